The standard InChI is InChI=1S/C18H16BrN5O2/c19-15-14-16(20)21-8-10-24(14)17(22-15)13-7-4-9-23(13)18(25)26-11-12-5-2-1-3-6-12/h2,5-6,8,10,13H,4,7,9,11H2,(H2,20,21)/t13-/m0/s1. The Bertz CT molecular complexity index is 943. The first-order valence-electron chi connectivity index (χ1n) is 8.23. The Balaban J connectivity index is 1.57. The van der Waals surface area contributed by atoms with Gasteiger partial charge in [0.1, 0.15) is 22.6 Å². The van der Waals surface area contributed by atoms with Crippen LogP contribution in [-0.4, -0.2) is 31.9 Å². The number of hydrogen-bond acceptors (Lipinski definition) is 5. The molecule has 0 saturated carbocycles. The maximum absolute atomic E-state index is 12.6. The molecule has 1 aromatic carbocycles. The molecule has 0 bridgehead atoms. The number of hydrogen-bond donors (Lipinski definition) is 1. The third-order valence-electron chi connectivity index (χ3n) is 4.44. The van der Waals surface area contributed by atoms with Crippen LogP contribution in [0.1, 0.15) is 30.3 Å². The summed E-state index contributed by atoms with van der Waals surface area (Å²) in [7, 11) is 0. The van der Waals surface area contributed by atoms with Crippen LogP contribution in [0.2, 0.25) is 0 Å². The molecular weight excluding hydrogens is 398 g/mol. The average Bonchev–Trinajstić information content (AvgIpc) is 3.26. The molecule has 7 nitrogen and oxygen atoms in total. The lowest BCUT2D eigenvalue weighted by molar-refractivity contribution is 0.0908. The first-order valence-corrected chi connectivity index (χ1v) is 9.02. The number of likely N-dealkylation sites (tertiary alicyclic amines) is 1. The Hall–Kier alpha value is -2.79. The van der Waals surface area contributed by atoms with E-state index in [0.29, 0.717) is 22.5 Å². The van der Waals surface area contributed by atoms with Crippen LogP contribution in [0.25, 0.3) is 5.52 Å². The summed E-state index contributed by atoms with van der Waals surface area (Å²) < 4.78 is 7.97. The fourth-order valence-corrected chi connectivity index (χ4v) is 3.80. The van der Waals surface area contributed by atoms with Crippen LogP contribution in [0.4, 0.5) is 10.6 Å². The first kappa shape index (κ1) is 16.7. The monoisotopic (exact) mass is 413 g/mol. The van der Waals surface area contributed by atoms with Crippen molar-refractivity contribution in [1.29, 1.82) is 0 Å². The molecule has 0 unspecified atom stereocenters. The summed E-state index contributed by atoms with van der Waals surface area (Å²) in [5, 5.41) is 0. The van der Waals surface area contributed by atoms with E-state index in [1.54, 1.807) is 29.4 Å². The molecule has 0 aliphatic carbocycles. The number of imidazole rings is 1. The van der Waals surface area contributed by atoms with E-state index < -0.39 is 0 Å². The summed E-state index contributed by atoms with van der Waals surface area (Å²) in [6.45, 7) is 0.835. The molecule has 132 valence electrons. The molecule has 1 aliphatic rings. The Morgan fingerprint density at radius 2 is 2.35 bits per heavy atom. The highest BCUT2D eigenvalue weighted by Gasteiger charge is 2.34. The summed E-state index contributed by atoms with van der Waals surface area (Å²) in [5.74, 6) is 1.14. The van der Waals surface area contributed by atoms with Gasteiger partial charge in [-0.25, -0.2) is 14.8 Å². The van der Waals surface area contributed by atoms with Crippen LogP contribution in [0.15, 0.2) is 35.2 Å². The number of nitrogens with two attached hydrogens (primary N) is 1. The number of halogens is 1. The maximum atomic E-state index is 12.6. The van der Waals surface area contributed by atoms with E-state index in [0.717, 1.165) is 24.2 Å². The van der Waals surface area contributed by atoms with Crippen molar-refractivity contribution in [3.05, 3.63) is 58.7 Å². The van der Waals surface area contributed by atoms with Crippen LogP contribution in [0.3, 0.4) is 0 Å². The lowest BCUT2D eigenvalue weighted by Gasteiger charge is -2.23. The molecule has 2 aromatic heterocycles. The number of carbonyl (C=O) groups is 1. The van der Waals surface area contributed by atoms with Crippen molar-refractivity contribution < 1.29 is 9.53 Å². The van der Waals surface area contributed by atoms with Crippen molar-refractivity contribution in [2.75, 3.05) is 12.3 Å². The molecule has 0 radical (unpaired) electrons. The third-order valence-corrected chi connectivity index (χ3v) is 4.99. The van der Waals surface area contributed by atoms with Crippen molar-refractivity contribution in [3.63, 3.8) is 0 Å². The number of rotatable bonds is 3. The van der Waals surface area contributed by atoms with Gasteiger partial charge in [-0.15, -0.1) is 0 Å². The molecule has 1 saturated heterocycles. The first-order chi connectivity index (χ1) is 12.6. The molecule has 1 fully saturated rings. The molecule has 2 N–H and O–H groups in total. The van der Waals surface area contributed by atoms with E-state index in [2.05, 4.69) is 38.0 Å². The molecule has 3 heterocycles. The molecule has 3 aromatic rings. The Labute approximate surface area is 158 Å². The SMILES string of the molecule is Nc1nccn2c([C@@H]3CCCN3C(=O)OCc3cc#ccc3)nc(Br)c12. The number of amides is 1. The van der Waals surface area contributed by atoms with Gasteiger partial charge in [-0.1, -0.05) is 12.1 Å². The number of ether oxygens (including phenoxy) is 1. The summed E-state index contributed by atoms with van der Waals surface area (Å²) in [5.41, 5.74) is 7.55. The normalized spacial score (nSPS) is 16.7. The highest BCUT2D eigenvalue weighted by molar-refractivity contribution is 9.10. The van der Waals surface area contributed by atoms with Crippen molar-refractivity contribution in [2.24, 2.45) is 0 Å². The van der Waals surface area contributed by atoms with Gasteiger partial charge >= 0.3 is 6.09 Å². The number of aromatic nitrogens is 3. The predicted octanol–water partition coefficient (Wildman–Crippen LogP) is 3.15. The minimum atomic E-state index is -0.352. The van der Waals surface area contributed by atoms with Crippen LogP contribution in [-0.2, 0) is 11.3 Å². The van der Waals surface area contributed by atoms with E-state index in [4.69, 9.17) is 10.5 Å². The van der Waals surface area contributed by atoms with Crippen LogP contribution >= 0.6 is 15.9 Å². The summed E-state index contributed by atoms with van der Waals surface area (Å²) in [4.78, 5) is 23.0. The zero-order valence-electron chi connectivity index (χ0n) is 13.9. The molecule has 1 aliphatic heterocycles. The minimum Gasteiger partial charge on any atom is -0.445 e. The fraction of sp³-hybridized carbons (Fsp3) is 0.278. The summed E-state index contributed by atoms with van der Waals surface area (Å²) >= 11 is 3.44. The molecule has 0 spiro atoms. The molecule has 1 amide bonds. The third kappa shape index (κ3) is 2.95. The van der Waals surface area contributed by atoms with Crippen molar-refractivity contribution in [1.82, 2.24) is 19.3 Å². The number of anilines is 1. The Kier molecular flexibility index (Phi) is 4.39. The van der Waals surface area contributed by atoms with Crippen LogP contribution in [0, 0.1) is 12.1 Å². The zero-order valence-corrected chi connectivity index (χ0v) is 15.4. The fourth-order valence-electron chi connectivity index (χ4n) is 3.23. The molecule has 4 rings (SSSR count). The lowest BCUT2D eigenvalue weighted by atomic mass is 10.2. The van der Waals surface area contributed by atoms with Gasteiger partial charge < -0.3 is 10.5 Å². The molecule has 26 heavy (non-hydrogen) atoms. The molecular formula is C18H16BrN5O2. The Morgan fingerprint density at radius 1 is 1.46 bits per heavy atom. The van der Waals surface area contributed by atoms with Crippen molar-refractivity contribution >= 4 is 33.4 Å². The van der Waals surface area contributed by atoms with Gasteiger partial charge in [0.05, 0.1) is 6.04 Å². The average molecular weight is 414 g/mol. The highest BCUT2D eigenvalue weighted by atomic mass is 79.9. The van der Waals surface area contributed by atoms with Crippen LogP contribution in [0.5, 0.6) is 0 Å². The second-order valence-electron chi connectivity index (χ2n) is 6.04. The number of carbonyl (C=O) groups excluding carboxylic acids is 1. The van der Waals surface area contributed by atoms with Crippen molar-refractivity contribution in [2.45, 2.75) is 25.5 Å². The van der Waals surface area contributed by atoms with E-state index >= 15 is 0 Å². The lowest BCUT2D eigenvalue weighted by Crippen LogP contribution is -2.32. The van der Waals surface area contributed by atoms with Gasteiger partial charge in [0.15, 0.2) is 5.82 Å². The van der Waals surface area contributed by atoms with Gasteiger partial charge in [-0.2, -0.15) is 0 Å². The smallest absolute Gasteiger partial charge is 0.410 e. The van der Waals surface area contributed by atoms with Gasteiger partial charge in [0.2, 0.25) is 0 Å². The number of nitrogen functional groups attached to an aromatic ring is 1. The quantitative estimate of drug-likeness (QED) is 0.712. The largest absolute Gasteiger partial charge is 0.445 e. The van der Waals surface area contributed by atoms with Crippen LogP contribution < -0.4 is 5.73 Å². The maximum Gasteiger partial charge on any atom is 0.410 e. The van der Waals surface area contributed by atoms with Gasteiger partial charge in [-0.05, 0) is 52.5 Å². The van der Waals surface area contributed by atoms with Gasteiger partial charge in [0.25, 0.3) is 0 Å². The zero-order chi connectivity index (χ0) is 18.1. The van der Waals surface area contributed by atoms with E-state index in [-0.39, 0.29) is 18.7 Å². The topological polar surface area (TPSA) is 85.8 Å². The molecule has 8 heteroatoms. The highest BCUT2D eigenvalue weighted by Crippen LogP contribution is 2.35. The molecule has 1 atom stereocenters. The summed E-state index contributed by atoms with van der Waals surface area (Å²) in [6.07, 6.45) is 4.78. The second-order valence-corrected chi connectivity index (χ2v) is 6.79. The Morgan fingerprint density at radius 3 is 3.15 bits per heavy atom. The summed E-state index contributed by atoms with van der Waals surface area (Å²) in [6, 6.07) is 10.8. The number of fused-ring (bicyclic) bond motifs is 1. The minimum absolute atomic E-state index is 0.168. The predicted molar refractivity (Wildman–Crippen MR) is 98.1 cm³/mol. The number of nitrogens with zero attached hydrogens (tertiary/aromatic N) is 4. The van der Waals surface area contributed by atoms with E-state index in [1.165, 1.54) is 0 Å². The van der Waals surface area contributed by atoms with Gasteiger partial charge in [0, 0.05) is 18.9 Å². The van der Waals surface area contributed by atoms with E-state index in [1.807, 2.05) is 10.5 Å². The second kappa shape index (κ2) is 6.84. The van der Waals surface area contributed by atoms with Crippen molar-refractivity contribution in [3.8, 4) is 0 Å². The van der Waals surface area contributed by atoms with E-state index in [9.17, 15) is 4.79 Å². The van der Waals surface area contributed by atoms with Gasteiger partial charge in [-0.3, -0.25) is 9.30 Å².